The Morgan fingerprint density at radius 2 is 2.00 bits per heavy atom. The summed E-state index contributed by atoms with van der Waals surface area (Å²) < 4.78 is 26.7. The number of hydrogen-bond acceptors (Lipinski definition) is 2. The molecule has 0 bridgehead atoms. The molecular formula is C11H12F2N2O. The van der Waals surface area contributed by atoms with Crippen molar-refractivity contribution in [2.75, 3.05) is 13.1 Å². The van der Waals surface area contributed by atoms with Gasteiger partial charge in [-0.05, 0) is 18.6 Å². The maximum absolute atomic E-state index is 13.3. The van der Waals surface area contributed by atoms with Gasteiger partial charge in [0, 0.05) is 19.1 Å². The Bertz CT molecular complexity index is 402. The second kappa shape index (κ2) is 4.17. The zero-order valence-corrected chi connectivity index (χ0v) is 8.62. The normalized spacial score (nSPS) is 20.2. The van der Waals surface area contributed by atoms with Gasteiger partial charge in [0.15, 0.2) is 0 Å². The topological polar surface area (TPSA) is 46.3 Å². The Hall–Kier alpha value is -1.49. The summed E-state index contributed by atoms with van der Waals surface area (Å²) in [5, 5.41) is 0. The van der Waals surface area contributed by atoms with Gasteiger partial charge in [-0.15, -0.1) is 0 Å². The highest BCUT2D eigenvalue weighted by atomic mass is 19.1. The van der Waals surface area contributed by atoms with Gasteiger partial charge in [-0.3, -0.25) is 4.79 Å². The summed E-state index contributed by atoms with van der Waals surface area (Å²) in [6.45, 7) is 0.806. The van der Waals surface area contributed by atoms with Crippen LogP contribution in [0.1, 0.15) is 16.8 Å². The lowest BCUT2D eigenvalue weighted by molar-refractivity contribution is 0.0781. The zero-order chi connectivity index (χ0) is 11.7. The standard InChI is InChI=1S/C11H12F2N2O/c12-8-2-1-3-9(13)10(8)11(16)15-5-4-7(14)6-15/h1-3,7H,4-6,14H2. The highest BCUT2D eigenvalue weighted by molar-refractivity contribution is 5.95. The van der Waals surface area contributed by atoms with Crippen molar-refractivity contribution < 1.29 is 13.6 Å². The molecule has 0 aromatic heterocycles. The summed E-state index contributed by atoms with van der Waals surface area (Å²) in [4.78, 5) is 13.2. The van der Waals surface area contributed by atoms with Gasteiger partial charge in [0.05, 0.1) is 0 Å². The molecule has 1 aromatic rings. The van der Waals surface area contributed by atoms with Gasteiger partial charge in [0.2, 0.25) is 0 Å². The van der Waals surface area contributed by atoms with Gasteiger partial charge in [-0.25, -0.2) is 8.78 Å². The van der Waals surface area contributed by atoms with Crippen LogP contribution >= 0.6 is 0 Å². The van der Waals surface area contributed by atoms with Gasteiger partial charge in [0.1, 0.15) is 17.2 Å². The van der Waals surface area contributed by atoms with Crippen molar-refractivity contribution in [1.82, 2.24) is 4.90 Å². The van der Waals surface area contributed by atoms with Gasteiger partial charge >= 0.3 is 0 Å². The molecule has 1 heterocycles. The lowest BCUT2D eigenvalue weighted by Crippen LogP contribution is -2.33. The third-order valence-corrected chi connectivity index (χ3v) is 2.69. The summed E-state index contributed by atoms with van der Waals surface area (Å²) >= 11 is 0. The molecule has 1 aliphatic heterocycles. The van der Waals surface area contributed by atoms with Crippen molar-refractivity contribution in [2.45, 2.75) is 12.5 Å². The van der Waals surface area contributed by atoms with Crippen LogP contribution in [0.25, 0.3) is 0 Å². The van der Waals surface area contributed by atoms with E-state index in [1.165, 1.54) is 11.0 Å². The Kier molecular flexibility index (Phi) is 2.87. The Morgan fingerprint density at radius 1 is 1.38 bits per heavy atom. The van der Waals surface area contributed by atoms with Crippen molar-refractivity contribution in [3.8, 4) is 0 Å². The van der Waals surface area contributed by atoms with Crippen LogP contribution in [0.2, 0.25) is 0 Å². The summed E-state index contributed by atoms with van der Waals surface area (Å²) in [6.07, 6.45) is 0.668. The van der Waals surface area contributed by atoms with E-state index >= 15 is 0 Å². The smallest absolute Gasteiger partial charge is 0.259 e. The van der Waals surface area contributed by atoms with E-state index in [0.29, 0.717) is 19.5 Å². The van der Waals surface area contributed by atoms with Crippen LogP contribution in [0.15, 0.2) is 18.2 Å². The fourth-order valence-corrected chi connectivity index (χ4v) is 1.83. The molecular weight excluding hydrogens is 214 g/mol. The van der Waals surface area contributed by atoms with Crippen LogP contribution in [0.5, 0.6) is 0 Å². The van der Waals surface area contributed by atoms with Crippen molar-refractivity contribution in [3.63, 3.8) is 0 Å². The van der Waals surface area contributed by atoms with Crippen LogP contribution < -0.4 is 5.73 Å². The first-order valence-corrected chi connectivity index (χ1v) is 5.08. The fourth-order valence-electron chi connectivity index (χ4n) is 1.83. The molecule has 1 saturated heterocycles. The lowest BCUT2D eigenvalue weighted by atomic mass is 10.1. The van der Waals surface area contributed by atoms with Gasteiger partial charge in [0.25, 0.3) is 5.91 Å². The summed E-state index contributed by atoms with van der Waals surface area (Å²) in [5.41, 5.74) is 5.15. The summed E-state index contributed by atoms with van der Waals surface area (Å²) in [5.74, 6) is -2.28. The number of likely N-dealkylation sites (tertiary alicyclic amines) is 1. The van der Waals surface area contributed by atoms with Crippen LogP contribution in [0, 0.1) is 11.6 Å². The number of rotatable bonds is 1. The molecule has 0 saturated carbocycles. The molecule has 3 nitrogen and oxygen atoms in total. The Balaban J connectivity index is 2.27. The van der Waals surface area contributed by atoms with Crippen molar-refractivity contribution in [1.29, 1.82) is 0 Å². The molecule has 2 N–H and O–H groups in total. The largest absolute Gasteiger partial charge is 0.337 e. The number of halogens is 2. The highest BCUT2D eigenvalue weighted by Crippen LogP contribution is 2.17. The van der Waals surface area contributed by atoms with E-state index in [9.17, 15) is 13.6 Å². The zero-order valence-electron chi connectivity index (χ0n) is 8.62. The SMILES string of the molecule is NC1CCN(C(=O)c2c(F)cccc2F)C1. The first-order chi connectivity index (χ1) is 7.59. The minimum absolute atomic E-state index is 0.0983. The van der Waals surface area contributed by atoms with E-state index in [1.807, 2.05) is 0 Å². The quantitative estimate of drug-likeness (QED) is 0.780. The van der Waals surface area contributed by atoms with Crippen LogP contribution in [0.3, 0.4) is 0 Å². The molecule has 0 spiro atoms. The molecule has 16 heavy (non-hydrogen) atoms. The third kappa shape index (κ3) is 1.90. The molecule has 1 unspecified atom stereocenters. The van der Waals surface area contributed by atoms with E-state index in [-0.39, 0.29) is 6.04 Å². The molecule has 1 amide bonds. The third-order valence-electron chi connectivity index (χ3n) is 2.69. The molecule has 2 rings (SSSR count). The van der Waals surface area contributed by atoms with E-state index < -0.39 is 23.1 Å². The maximum atomic E-state index is 13.3. The molecule has 1 aromatic carbocycles. The van der Waals surface area contributed by atoms with Crippen LogP contribution in [0.4, 0.5) is 8.78 Å². The molecule has 86 valence electrons. The molecule has 1 aliphatic rings. The van der Waals surface area contributed by atoms with E-state index in [1.54, 1.807) is 0 Å². The monoisotopic (exact) mass is 226 g/mol. The second-order valence-electron chi connectivity index (χ2n) is 3.90. The maximum Gasteiger partial charge on any atom is 0.259 e. The number of hydrogen-bond donors (Lipinski definition) is 1. The van der Waals surface area contributed by atoms with E-state index in [0.717, 1.165) is 12.1 Å². The number of amides is 1. The summed E-state index contributed by atoms with van der Waals surface area (Å²) in [7, 11) is 0. The fraction of sp³-hybridized carbons (Fsp3) is 0.364. The highest BCUT2D eigenvalue weighted by Gasteiger charge is 2.28. The van der Waals surface area contributed by atoms with Crippen molar-refractivity contribution in [3.05, 3.63) is 35.4 Å². The Morgan fingerprint density at radius 3 is 2.50 bits per heavy atom. The number of benzene rings is 1. The van der Waals surface area contributed by atoms with E-state index in [4.69, 9.17) is 5.73 Å². The molecule has 5 heteroatoms. The number of nitrogens with zero attached hydrogens (tertiary/aromatic N) is 1. The minimum Gasteiger partial charge on any atom is -0.337 e. The van der Waals surface area contributed by atoms with Crippen LogP contribution in [-0.2, 0) is 0 Å². The molecule has 1 fully saturated rings. The Labute approximate surface area is 91.8 Å². The number of carbonyl (C=O) groups is 1. The summed E-state index contributed by atoms with van der Waals surface area (Å²) in [6, 6.07) is 3.29. The average molecular weight is 226 g/mol. The minimum atomic E-state index is -0.828. The second-order valence-corrected chi connectivity index (χ2v) is 3.90. The molecule has 0 aliphatic carbocycles. The van der Waals surface area contributed by atoms with Gasteiger partial charge in [-0.2, -0.15) is 0 Å². The number of nitrogens with two attached hydrogens (primary N) is 1. The predicted molar refractivity (Wildman–Crippen MR) is 54.9 cm³/mol. The van der Waals surface area contributed by atoms with Gasteiger partial charge in [-0.1, -0.05) is 6.07 Å². The first kappa shape index (κ1) is 11.0. The first-order valence-electron chi connectivity index (χ1n) is 5.08. The van der Waals surface area contributed by atoms with Gasteiger partial charge < -0.3 is 10.6 Å². The van der Waals surface area contributed by atoms with Crippen molar-refractivity contribution in [2.24, 2.45) is 5.73 Å². The predicted octanol–water partition coefficient (Wildman–Crippen LogP) is 1.14. The molecule has 1 atom stereocenters. The average Bonchev–Trinajstić information content (AvgIpc) is 2.64. The van der Waals surface area contributed by atoms with Crippen LogP contribution in [-0.4, -0.2) is 29.9 Å². The lowest BCUT2D eigenvalue weighted by Gasteiger charge is -2.16. The number of carbonyl (C=O) groups excluding carboxylic acids is 1. The molecule has 0 radical (unpaired) electrons. The van der Waals surface area contributed by atoms with Crippen molar-refractivity contribution >= 4 is 5.91 Å². The van der Waals surface area contributed by atoms with E-state index in [2.05, 4.69) is 0 Å².